The van der Waals surface area contributed by atoms with E-state index in [9.17, 15) is 0 Å². The lowest BCUT2D eigenvalue weighted by molar-refractivity contribution is 0.195. The third kappa shape index (κ3) is 3.63. The molecule has 1 aromatic carbocycles. The fourth-order valence-corrected chi connectivity index (χ4v) is 2.91. The van der Waals surface area contributed by atoms with E-state index in [-0.39, 0.29) is 0 Å². The second kappa shape index (κ2) is 7.28. The van der Waals surface area contributed by atoms with Gasteiger partial charge in [-0.3, -0.25) is 4.90 Å². The highest BCUT2D eigenvalue weighted by atomic mass is 16.5. The Bertz CT molecular complexity index is 753. The van der Waals surface area contributed by atoms with Crippen LogP contribution in [0.3, 0.4) is 0 Å². The first kappa shape index (κ1) is 16.2. The van der Waals surface area contributed by atoms with Gasteiger partial charge in [-0.05, 0) is 18.2 Å². The zero-order valence-corrected chi connectivity index (χ0v) is 14.1. The van der Waals surface area contributed by atoms with Crippen LogP contribution in [0.2, 0.25) is 0 Å². The highest BCUT2D eigenvalue weighted by molar-refractivity contribution is 5.48. The Morgan fingerprint density at radius 2 is 2.21 bits per heavy atom. The van der Waals surface area contributed by atoms with Gasteiger partial charge in [-0.2, -0.15) is 5.26 Å². The van der Waals surface area contributed by atoms with E-state index in [1.807, 2.05) is 31.1 Å². The minimum Gasteiger partial charge on any atom is -0.492 e. The van der Waals surface area contributed by atoms with Gasteiger partial charge in [0.1, 0.15) is 24.5 Å². The van der Waals surface area contributed by atoms with Crippen molar-refractivity contribution in [2.75, 3.05) is 38.7 Å². The number of fused-ring (bicyclic) bond motifs is 1. The zero-order chi connectivity index (χ0) is 16.9. The fourth-order valence-electron chi connectivity index (χ4n) is 2.91. The van der Waals surface area contributed by atoms with Crippen molar-refractivity contribution >= 4 is 5.82 Å². The molecule has 0 radical (unpaired) electrons. The van der Waals surface area contributed by atoms with Crippen LogP contribution in [-0.2, 0) is 13.0 Å². The molecule has 3 rings (SSSR count). The Kier molecular flexibility index (Phi) is 4.92. The molecule has 0 spiro atoms. The Hall–Kier alpha value is -2.65. The molecule has 0 atom stereocenters. The van der Waals surface area contributed by atoms with E-state index in [0.717, 1.165) is 43.3 Å². The van der Waals surface area contributed by atoms with Crippen molar-refractivity contribution in [2.45, 2.75) is 13.0 Å². The van der Waals surface area contributed by atoms with Crippen molar-refractivity contribution in [2.24, 2.45) is 0 Å². The summed E-state index contributed by atoms with van der Waals surface area (Å²) in [6.45, 7) is 3.23. The Morgan fingerprint density at radius 1 is 1.33 bits per heavy atom. The summed E-state index contributed by atoms with van der Waals surface area (Å²) in [4.78, 5) is 13.2. The van der Waals surface area contributed by atoms with Gasteiger partial charge in [-0.25, -0.2) is 9.97 Å². The molecule has 1 aliphatic rings. The van der Waals surface area contributed by atoms with Gasteiger partial charge in [-0.1, -0.05) is 6.07 Å². The maximum atomic E-state index is 8.93. The number of anilines is 1. The van der Waals surface area contributed by atoms with Gasteiger partial charge in [0.2, 0.25) is 0 Å². The third-order valence-electron chi connectivity index (χ3n) is 4.12. The lowest BCUT2D eigenvalue weighted by Gasteiger charge is -2.30. The highest BCUT2D eigenvalue weighted by Crippen LogP contribution is 2.24. The first-order valence-electron chi connectivity index (χ1n) is 8.03. The van der Waals surface area contributed by atoms with Crippen LogP contribution >= 0.6 is 0 Å². The Morgan fingerprint density at radius 3 is 3.00 bits per heavy atom. The van der Waals surface area contributed by atoms with Crippen LogP contribution in [0.4, 0.5) is 5.82 Å². The van der Waals surface area contributed by atoms with Crippen LogP contribution in [-0.4, -0.2) is 48.7 Å². The van der Waals surface area contributed by atoms with E-state index in [0.29, 0.717) is 12.2 Å². The minimum absolute atomic E-state index is 0.592. The summed E-state index contributed by atoms with van der Waals surface area (Å²) in [5, 5.41) is 8.93. The lowest BCUT2D eigenvalue weighted by atomic mass is 10.1. The highest BCUT2D eigenvalue weighted by Gasteiger charge is 2.21. The van der Waals surface area contributed by atoms with Crippen LogP contribution in [0.1, 0.15) is 16.8 Å². The lowest BCUT2D eigenvalue weighted by Crippen LogP contribution is -2.35. The second-order valence-electron chi connectivity index (χ2n) is 6.03. The van der Waals surface area contributed by atoms with Gasteiger partial charge in [0.05, 0.1) is 17.3 Å². The standard InChI is InChI=1S/C18H21N5O/c1-22(2)18-16-12-23(7-6-17(16)20-13-21-18)8-9-24-15-5-3-4-14(10-15)11-19/h3-5,10,13H,6-9,12H2,1-2H3. The molecule has 1 aliphatic heterocycles. The van der Waals surface area contributed by atoms with E-state index in [1.54, 1.807) is 18.5 Å². The van der Waals surface area contributed by atoms with Crippen molar-refractivity contribution in [3.05, 3.63) is 47.4 Å². The zero-order valence-electron chi connectivity index (χ0n) is 14.1. The van der Waals surface area contributed by atoms with Crippen molar-refractivity contribution < 1.29 is 4.74 Å². The van der Waals surface area contributed by atoms with Crippen LogP contribution in [0, 0.1) is 11.3 Å². The number of rotatable bonds is 5. The van der Waals surface area contributed by atoms with Crippen LogP contribution < -0.4 is 9.64 Å². The number of benzene rings is 1. The summed E-state index contributed by atoms with van der Waals surface area (Å²) in [7, 11) is 4.01. The third-order valence-corrected chi connectivity index (χ3v) is 4.12. The molecular weight excluding hydrogens is 302 g/mol. The molecule has 0 saturated carbocycles. The smallest absolute Gasteiger partial charge is 0.136 e. The minimum atomic E-state index is 0.592. The van der Waals surface area contributed by atoms with E-state index >= 15 is 0 Å². The molecule has 2 heterocycles. The number of hydrogen-bond acceptors (Lipinski definition) is 6. The maximum absolute atomic E-state index is 8.93. The molecule has 2 aromatic rings. The molecule has 0 unspecified atom stereocenters. The van der Waals surface area contributed by atoms with Crippen molar-refractivity contribution in [3.63, 3.8) is 0 Å². The van der Waals surface area contributed by atoms with Crippen molar-refractivity contribution in [3.8, 4) is 11.8 Å². The van der Waals surface area contributed by atoms with Crippen LogP contribution in [0.15, 0.2) is 30.6 Å². The van der Waals surface area contributed by atoms with E-state index < -0.39 is 0 Å². The number of nitriles is 1. The average Bonchev–Trinajstić information content (AvgIpc) is 2.61. The monoisotopic (exact) mass is 323 g/mol. The summed E-state index contributed by atoms with van der Waals surface area (Å²) < 4.78 is 5.78. The number of hydrogen-bond donors (Lipinski definition) is 0. The molecule has 24 heavy (non-hydrogen) atoms. The first-order valence-corrected chi connectivity index (χ1v) is 8.03. The summed E-state index contributed by atoms with van der Waals surface area (Å²) in [5.41, 5.74) is 2.97. The van der Waals surface area contributed by atoms with Gasteiger partial charge in [-0.15, -0.1) is 0 Å². The first-order chi connectivity index (χ1) is 11.7. The molecule has 0 aliphatic carbocycles. The van der Waals surface area contributed by atoms with E-state index in [4.69, 9.17) is 10.00 Å². The molecular formula is C18H21N5O. The normalized spacial score (nSPS) is 13.9. The summed E-state index contributed by atoms with van der Waals surface area (Å²) in [6, 6.07) is 9.39. The molecule has 0 amide bonds. The number of nitrogens with zero attached hydrogens (tertiary/aromatic N) is 5. The molecule has 0 fully saturated rings. The molecule has 124 valence electrons. The molecule has 0 saturated heterocycles. The van der Waals surface area contributed by atoms with Gasteiger partial charge >= 0.3 is 0 Å². The predicted molar refractivity (Wildman–Crippen MR) is 92.0 cm³/mol. The topological polar surface area (TPSA) is 65.3 Å². The number of ether oxygens (including phenoxy) is 1. The van der Waals surface area contributed by atoms with Crippen LogP contribution in [0.25, 0.3) is 0 Å². The second-order valence-corrected chi connectivity index (χ2v) is 6.03. The maximum Gasteiger partial charge on any atom is 0.136 e. The SMILES string of the molecule is CN(C)c1ncnc2c1CN(CCOc1cccc(C#N)c1)CC2. The Labute approximate surface area is 142 Å². The number of aromatic nitrogens is 2. The summed E-state index contributed by atoms with van der Waals surface area (Å²) in [5.74, 6) is 1.73. The molecule has 0 N–H and O–H groups in total. The molecule has 6 nitrogen and oxygen atoms in total. The quantitative estimate of drug-likeness (QED) is 0.837. The van der Waals surface area contributed by atoms with E-state index in [1.165, 1.54) is 5.56 Å². The molecule has 1 aromatic heterocycles. The molecule has 6 heteroatoms. The summed E-state index contributed by atoms with van der Waals surface area (Å²) in [6.07, 6.45) is 2.58. The Balaban J connectivity index is 1.59. The van der Waals surface area contributed by atoms with Gasteiger partial charge in [0, 0.05) is 45.7 Å². The molecule has 0 bridgehead atoms. The van der Waals surface area contributed by atoms with E-state index in [2.05, 4.69) is 20.9 Å². The van der Waals surface area contributed by atoms with Gasteiger partial charge in [0.25, 0.3) is 0 Å². The van der Waals surface area contributed by atoms with Gasteiger partial charge in [0.15, 0.2) is 0 Å². The predicted octanol–water partition coefficient (Wildman–Crippen LogP) is 1.85. The fraction of sp³-hybridized carbons (Fsp3) is 0.389. The average molecular weight is 323 g/mol. The van der Waals surface area contributed by atoms with Crippen molar-refractivity contribution in [1.82, 2.24) is 14.9 Å². The van der Waals surface area contributed by atoms with Crippen molar-refractivity contribution in [1.29, 1.82) is 5.26 Å². The van der Waals surface area contributed by atoms with Gasteiger partial charge < -0.3 is 9.64 Å². The summed E-state index contributed by atoms with van der Waals surface area (Å²) >= 11 is 0. The van der Waals surface area contributed by atoms with Crippen LogP contribution in [0.5, 0.6) is 5.75 Å². The largest absolute Gasteiger partial charge is 0.492 e.